The van der Waals surface area contributed by atoms with E-state index < -0.39 is 0 Å². The molecule has 0 N–H and O–H groups in total. The molecule has 0 atom stereocenters. The summed E-state index contributed by atoms with van der Waals surface area (Å²) >= 11 is 5.57. The zero-order valence-electron chi connectivity index (χ0n) is 10.1. The summed E-state index contributed by atoms with van der Waals surface area (Å²) in [7, 11) is 0. The van der Waals surface area contributed by atoms with Crippen LogP contribution in [0.5, 0.6) is 0 Å². The first-order chi connectivity index (χ1) is 6.85. The highest BCUT2D eigenvalue weighted by Gasteiger charge is 2.16. The summed E-state index contributed by atoms with van der Waals surface area (Å²) in [5.41, 5.74) is 2.39. The zero-order valence-corrected chi connectivity index (χ0v) is 12.5. The summed E-state index contributed by atoms with van der Waals surface area (Å²) in [4.78, 5) is 0. The zero-order chi connectivity index (χ0) is 11.6. The summed E-state index contributed by atoms with van der Waals surface area (Å²) in [5.74, 6) is 1.01. The van der Waals surface area contributed by atoms with Gasteiger partial charge in [-0.15, -0.1) is 11.8 Å². The van der Waals surface area contributed by atoms with Crippen molar-refractivity contribution >= 4 is 27.7 Å². The second kappa shape index (κ2) is 4.91. The molecule has 1 heterocycles. The minimum absolute atomic E-state index is 0.302. The first-order valence-corrected chi connectivity index (χ1v) is 6.98. The van der Waals surface area contributed by atoms with Crippen molar-refractivity contribution in [3.8, 4) is 0 Å². The van der Waals surface area contributed by atoms with Crippen molar-refractivity contribution in [3.63, 3.8) is 0 Å². The second-order valence-corrected chi connectivity index (χ2v) is 7.16. The van der Waals surface area contributed by atoms with E-state index in [0.717, 1.165) is 18.0 Å². The first kappa shape index (κ1) is 13.1. The van der Waals surface area contributed by atoms with Crippen molar-refractivity contribution in [2.24, 2.45) is 0 Å². The van der Waals surface area contributed by atoms with E-state index in [1.807, 2.05) is 18.7 Å². The van der Waals surface area contributed by atoms with Crippen molar-refractivity contribution in [3.05, 3.63) is 15.9 Å². The summed E-state index contributed by atoms with van der Waals surface area (Å²) in [6.07, 6.45) is 0. The molecular formula is C11H19BrN2S. The SMILES string of the molecule is CCn1nc(C)c(Br)c1CSC(C)(C)C. The van der Waals surface area contributed by atoms with Gasteiger partial charge in [0.2, 0.25) is 0 Å². The largest absolute Gasteiger partial charge is 0.268 e. The molecule has 0 unspecified atom stereocenters. The minimum atomic E-state index is 0.302. The molecule has 0 spiro atoms. The highest BCUT2D eigenvalue weighted by Crippen LogP contribution is 2.31. The Labute approximate surface area is 105 Å². The minimum Gasteiger partial charge on any atom is -0.268 e. The van der Waals surface area contributed by atoms with Crippen LogP contribution in [0, 0.1) is 6.92 Å². The predicted molar refractivity (Wildman–Crippen MR) is 71.4 cm³/mol. The summed E-state index contributed by atoms with van der Waals surface area (Å²) < 4.78 is 3.55. The Bertz CT molecular complexity index is 339. The standard InChI is InChI=1S/C11H19BrN2S/c1-6-14-9(7-15-11(3,4)5)10(12)8(2)13-14/h6-7H2,1-5H3. The van der Waals surface area contributed by atoms with E-state index in [9.17, 15) is 0 Å². The van der Waals surface area contributed by atoms with Gasteiger partial charge in [0.1, 0.15) is 0 Å². The molecule has 0 bridgehead atoms. The number of aryl methyl sites for hydroxylation is 2. The first-order valence-electron chi connectivity index (χ1n) is 5.21. The third-order valence-electron chi connectivity index (χ3n) is 2.09. The average Bonchev–Trinajstić information content (AvgIpc) is 2.39. The fraction of sp³-hybridized carbons (Fsp3) is 0.727. The van der Waals surface area contributed by atoms with E-state index in [-0.39, 0.29) is 0 Å². The Morgan fingerprint density at radius 2 is 2.00 bits per heavy atom. The number of rotatable bonds is 3. The van der Waals surface area contributed by atoms with Crippen LogP contribution in [0.2, 0.25) is 0 Å². The maximum atomic E-state index is 4.49. The lowest BCUT2D eigenvalue weighted by atomic mass is 10.3. The molecule has 86 valence electrons. The number of hydrogen-bond donors (Lipinski definition) is 0. The topological polar surface area (TPSA) is 17.8 Å². The number of hydrogen-bond acceptors (Lipinski definition) is 2. The van der Waals surface area contributed by atoms with E-state index in [1.54, 1.807) is 0 Å². The quantitative estimate of drug-likeness (QED) is 0.837. The van der Waals surface area contributed by atoms with Crippen LogP contribution in [0.3, 0.4) is 0 Å². The number of aromatic nitrogens is 2. The van der Waals surface area contributed by atoms with Crippen LogP contribution < -0.4 is 0 Å². The Balaban J connectivity index is 2.84. The Hall–Kier alpha value is 0.0400. The number of halogens is 1. The summed E-state index contributed by atoms with van der Waals surface area (Å²) in [6, 6.07) is 0. The van der Waals surface area contributed by atoms with Gasteiger partial charge in [0.15, 0.2) is 0 Å². The normalized spacial score (nSPS) is 12.1. The van der Waals surface area contributed by atoms with Crippen molar-refractivity contribution in [2.75, 3.05) is 0 Å². The van der Waals surface area contributed by atoms with Gasteiger partial charge in [-0.2, -0.15) is 5.10 Å². The van der Waals surface area contributed by atoms with Gasteiger partial charge in [-0.05, 0) is 29.8 Å². The molecule has 0 amide bonds. The van der Waals surface area contributed by atoms with E-state index in [0.29, 0.717) is 4.75 Å². The Morgan fingerprint density at radius 3 is 2.47 bits per heavy atom. The third kappa shape index (κ3) is 3.52. The summed E-state index contributed by atoms with van der Waals surface area (Å²) in [6.45, 7) is 11.8. The van der Waals surface area contributed by atoms with E-state index >= 15 is 0 Å². The molecule has 0 saturated heterocycles. The molecule has 1 aromatic heterocycles. The molecule has 0 saturated carbocycles. The molecule has 1 aromatic rings. The van der Waals surface area contributed by atoms with E-state index in [4.69, 9.17) is 0 Å². The third-order valence-corrected chi connectivity index (χ3v) is 4.41. The van der Waals surface area contributed by atoms with Gasteiger partial charge < -0.3 is 0 Å². The maximum Gasteiger partial charge on any atom is 0.0739 e. The molecule has 0 aliphatic carbocycles. The molecule has 0 radical (unpaired) electrons. The van der Waals surface area contributed by atoms with Crippen LogP contribution in [0.15, 0.2) is 4.47 Å². The lowest BCUT2D eigenvalue weighted by molar-refractivity contribution is 0.630. The van der Waals surface area contributed by atoms with Crippen LogP contribution >= 0.6 is 27.7 Å². The Kier molecular flexibility index (Phi) is 4.29. The average molecular weight is 291 g/mol. The predicted octanol–water partition coefficient (Wildman–Crippen LogP) is 4.01. The van der Waals surface area contributed by atoms with Crippen LogP contribution in [0.25, 0.3) is 0 Å². The van der Waals surface area contributed by atoms with Crippen molar-refractivity contribution in [1.82, 2.24) is 9.78 Å². The molecule has 0 aromatic carbocycles. The van der Waals surface area contributed by atoms with Gasteiger partial charge in [0, 0.05) is 17.0 Å². The molecule has 4 heteroatoms. The highest BCUT2D eigenvalue weighted by molar-refractivity contribution is 9.10. The fourth-order valence-electron chi connectivity index (χ4n) is 1.29. The molecule has 0 fully saturated rings. The molecule has 0 aliphatic heterocycles. The maximum absolute atomic E-state index is 4.49. The van der Waals surface area contributed by atoms with Gasteiger partial charge in [-0.25, -0.2) is 0 Å². The number of nitrogens with zero attached hydrogens (tertiary/aromatic N) is 2. The highest BCUT2D eigenvalue weighted by atomic mass is 79.9. The van der Waals surface area contributed by atoms with Crippen molar-refractivity contribution < 1.29 is 0 Å². The van der Waals surface area contributed by atoms with Crippen molar-refractivity contribution in [2.45, 2.75) is 51.7 Å². The summed E-state index contributed by atoms with van der Waals surface area (Å²) in [5, 5.41) is 4.49. The molecule has 0 aliphatic rings. The molecule has 15 heavy (non-hydrogen) atoms. The van der Waals surface area contributed by atoms with Crippen LogP contribution in [-0.2, 0) is 12.3 Å². The smallest absolute Gasteiger partial charge is 0.0739 e. The van der Waals surface area contributed by atoms with Gasteiger partial charge in [0.05, 0.1) is 15.9 Å². The van der Waals surface area contributed by atoms with E-state index in [1.165, 1.54) is 10.2 Å². The molecule has 1 rings (SSSR count). The lowest BCUT2D eigenvalue weighted by Gasteiger charge is -2.17. The van der Waals surface area contributed by atoms with Crippen molar-refractivity contribution in [1.29, 1.82) is 0 Å². The van der Waals surface area contributed by atoms with Crippen LogP contribution in [0.1, 0.15) is 39.1 Å². The van der Waals surface area contributed by atoms with E-state index in [2.05, 4.69) is 53.4 Å². The van der Waals surface area contributed by atoms with Crippen LogP contribution in [-0.4, -0.2) is 14.5 Å². The van der Waals surface area contributed by atoms with Gasteiger partial charge >= 0.3 is 0 Å². The molecule has 2 nitrogen and oxygen atoms in total. The van der Waals surface area contributed by atoms with Gasteiger partial charge in [-0.1, -0.05) is 20.8 Å². The van der Waals surface area contributed by atoms with Gasteiger partial charge in [-0.3, -0.25) is 4.68 Å². The Morgan fingerprint density at radius 1 is 1.40 bits per heavy atom. The molecular weight excluding hydrogens is 272 g/mol. The van der Waals surface area contributed by atoms with Gasteiger partial charge in [0.25, 0.3) is 0 Å². The second-order valence-electron chi connectivity index (χ2n) is 4.56. The number of thioether (sulfide) groups is 1. The lowest BCUT2D eigenvalue weighted by Crippen LogP contribution is -2.10. The fourth-order valence-corrected chi connectivity index (χ4v) is 2.76. The monoisotopic (exact) mass is 290 g/mol. The van der Waals surface area contributed by atoms with Crippen LogP contribution in [0.4, 0.5) is 0 Å².